The second-order valence-corrected chi connectivity index (χ2v) is 11.0. The molecule has 2 atom stereocenters. The molecule has 0 saturated carbocycles. The lowest BCUT2D eigenvalue weighted by Crippen LogP contribution is -2.52. The van der Waals surface area contributed by atoms with Crippen LogP contribution in [0.25, 0.3) is 5.69 Å². The van der Waals surface area contributed by atoms with Crippen LogP contribution in [-0.4, -0.2) is 80.6 Å². The first-order valence-electron chi connectivity index (χ1n) is 14.6. The topological polar surface area (TPSA) is 105 Å². The summed E-state index contributed by atoms with van der Waals surface area (Å²) in [6, 6.07) is 14.8. The largest absolute Gasteiger partial charge is 0.494 e. The van der Waals surface area contributed by atoms with Gasteiger partial charge in [-0.05, 0) is 60.4 Å². The Hall–Kier alpha value is -4.00. The number of piperidine rings is 2. The van der Waals surface area contributed by atoms with Crippen LogP contribution in [0.4, 0.5) is 13.2 Å². The van der Waals surface area contributed by atoms with Crippen LogP contribution in [0, 0.1) is 5.92 Å². The molecule has 10 nitrogen and oxygen atoms in total. The number of alkyl halides is 3. The molecule has 230 valence electrons. The number of benzene rings is 2. The molecule has 43 heavy (non-hydrogen) atoms. The van der Waals surface area contributed by atoms with Crippen LogP contribution in [0.1, 0.15) is 56.0 Å². The smallest absolute Gasteiger partial charge is 0.453 e. The summed E-state index contributed by atoms with van der Waals surface area (Å²) >= 11 is 0. The van der Waals surface area contributed by atoms with Crippen LogP contribution < -0.4 is 10.1 Å². The lowest BCUT2D eigenvalue weighted by atomic mass is 9.84. The number of nitrogens with zero attached hydrogens (tertiary/aromatic N) is 6. The third-order valence-electron chi connectivity index (χ3n) is 8.31. The maximum Gasteiger partial charge on any atom is 0.453 e. The summed E-state index contributed by atoms with van der Waals surface area (Å²) in [5.74, 6) is -0.563. The first-order chi connectivity index (χ1) is 20.7. The van der Waals surface area contributed by atoms with E-state index in [9.17, 15) is 22.8 Å². The minimum absolute atomic E-state index is 0.00270. The van der Waals surface area contributed by atoms with Gasteiger partial charge in [-0.25, -0.2) is 0 Å². The van der Waals surface area contributed by atoms with E-state index in [1.165, 1.54) is 6.07 Å². The molecule has 5 rings (SSSR count). The number of hydrogen-bond acceptors (Lipinski definition) is 7. The van der Waals surface area contributed by atoms with Gasteiger partial charge in [-0.15, -0.1) is 5.10 Å². The predicted molar refractivity (Wildman–Crippen MR) is 151 cm³/mol. The predicted octanol–water partition coefficient (Wildman–Crippen LogP) is 3.81. The lowest BCUT2D eigenvalue weighted by Gasteiger charge is -2.42. The normalized spacial score (nSPS) is 19.8. The van der Waals surface area contributed by atoms with E-state index in [4.69, 9.17) is 4.74 Å². The van der Waals surface area contributed by atoms with Crippen LogP contribution in [-0.2, 0) is 22.3 Å². The van der Waals surface area contributed by atoms with Crippen molar-refractivity contribution < 1.29 is 27.5 Å². The minimum atomic E-state index is -4.71. The van der Waals surface area contributed by atoms with E-state index in [0.717, 1.165) is 5.56 Å². The quantitative estimate of drug-likeness (QED) is 0.420. The molecule has 2 amide bonds. The molecule has 2 aliphatic rings. The summed E-state index contributed by atoms with van der Waals surface area (Å²) in [6.45, 7) is 6.46. The molecule has 3 heterocycles. The Balaban J connectivity index is 1.33. The fourth-order valence-corrected chi connectivity index (χ4v) is 6.04. The van der Waals surface area contributed by atoms with E-state index < -0.39 is 12.0 Å². The second kappa shape index (κ2) is 13.1. The summed E-state index contributed by atoms with van der Waals surface area (Å²) in [7, 11) is 0. The molecule has 1 aromatic heterocycles. The monoisotopic (exact) mass is 599 g/mol. The summed E-state index contributed by atoms with van der Waals surface area (Å²) in [4.78, 5) is 29.0. The molecule has 0 aliphatic carbocycles. The van der Waals surface area contributed by atoms with E-state index in [1.54, 1.807) is 24.0 Å². The van der Waals surface area contributed by atoms with E-state index in [2.05, 4.69) is 33.0 Å². The van der Waals surface area contributed by atoms with E-state index in [-0.39, 0.29) is 35.4 Å². The van der Waals surface area contributed by atoms with Crippen LogP contribution >= 0.6 is 0 Å². The maximum absolute atomic E-state index is 13.5. The van der Waals surface area contributed by atoms with E-state index >= 15 is 0 Å². The number of nitrogens with one attached hydrogen (secondary N) is 1. The van der Waals surface area contributed by atoms with Gasteiger partial charge in [0.25, 0.3) is 5.82 Å². The van der Waals surface area contributed by atoms with Crippen molar-refractivity contribution in [3.8, 4) is 11.4 Å². The van der Waals surface area contributed by atoms with Gasteiger partial charge in [-0.2, -0.15) is 17.9 Å². The van der Waals surface area contributed by atoms with Crippen molar-refractivity contribution in [2.75, 3.05) is 32.8 Å². The zero-order valence-electron chi connectivity index (χ0n) is 24.3. The molecule has 0 spiro atoms. The molecule has 2 aromatic carbocycles. The van der Waals surface area contributed by atoms with Crippen LogP contribution in [0.3, 0.4) is 0 Å². The van der Waals surface area contributed by atoms with Gasteiger partial charge < -0.3 is 19.9 Å². The average molecular weight is 600 g/mol. The third kappa shape index (κ3) is 6.98. The number of tetrazole rings is 1. The average Bonchev–Trinajstić information content (AvgIpc) is 3.52. The molecule has 0 radical (unpaired) electrons. The van der Waals surface area contributed by atoms with Crippen LogP contribution in [0.15, 0.2) is 48.5 Å². The first-order valence-corrected chi connectivity index (χ1v) is 14.6. The molecule has 0 unspecified atom stereocenters. The number of ether oxygens (including phenoxy) is 1. The van der Waals surface area contributed by atoms with Gasteiger partial charge >= 0.3 is 6.18 Å². The van der Waals surface area contributed by atoms with Crippen LogP contribution in [0.5, 0.6) is 5.75 Å². The standard InChI is InChI=1S/C30H36F3N7O3/c1-3-43-27-10-9-24(40-29(30(31,32)33)35-36-37-40)17-23(27)18-34-26-13-16-39(19-25(26)21-7-5-4-6-8-21)28(42)22-11-14-38(15-12-22)20(2)41/h4-10,17,22,25-26,34H,3,11-16,18-19H2,1-2H3/t25-,26-/m0/s1. The summed E-state index contributed by atoms with van der Waals surface area (Å²) in [6.07, 6.45) is -2.67. The van der Waals surface area contributed by atoms with Gasteiger partial charge in [0.1, 0.15) is 5.75 Å². The molecule has 3 aromatic rings. The van der Waals surface area contributed by atoms with Gasteiger partial charge in [0, 0.05) is 63.1 Å². The highest BCUT2D eigenvalue weighted by molar-refractivity contribution is 5.80. The highest BCUT2D eigenvalue weighted by Gasteiger charge is 2.39. The minimum Gasteiger partial charge on any atom is -0.494 e. The fourth-order valence-electron chi connectivity index (χ4n) is 6.04. The highest BCUT2D eigenvalue weighted by Crippen LogP contribution is 2.32. The molecule has 13 heteroatoms. The van der Waals surface area contributed by atoms with Gasteiger partial charge in [0.2, 0.25) is 11.8 Å². The number of aromatic nitrogens is 4. The zero-order chi connectivity index (χ0) is 30.6. The number of hydrogen-bond donors (Lipinski definition) is 1. The number of halogens is 3. The molecule has 2 aliphatic heterocycles. The maximum atomic E-state index is 13.5. The summed E-state index contributed by atoms with van der Waals surface area (Å²) in [5.41, 5.74) is 1.95. The van der Waals surface area contributed by atoms with Crippen molar-refractivity contribution in [3.05, 3.63) is 65.5 Å². The number of rotatable bonds is 8. The number of amides is 2. The number of carbonyl (C=O) groups excluding carboxylic acids is 2. The Bertz CT molecular complexity index is 1410. The van der Waals surface area contributed by atoms with E-state index in [0.29, 0.717) is 74.6 Å². The van der Waals surface area contributed by atoms with Crippen molar-refractivity contribution in [1.29, 1.82) is 0 Å². The molecule has 0 bridgehead atoms. The first kappa shape index (κ1) is 30.5. The second-order valence-electron chi connectivity index (χ2n) is 11.0. The molecule has 2 saturated heterocycles. The van der Waals surface area contributed by atoms with Crippen molar-refractivity contribution in [2.45, 2.75) is 57.8 Å². The third-order valence-corrected chi connectivity index (χ3v) is 8.31. The van der Waals surface area contributed by atoms with Gasteiger partial charge in [0.05, 0.1) is 12.3 Å². The fraction of sp³-hybridized carbons (Fsp3) is 0.500. The van der Waals surface area contributed by atoms with Crippen molar-refractivity contribution >= 4 is 11.8 Å². The SMILES string of the molecule is CCOc1ccc(-n2nnnc2C(F)(F)F)cc1CN[C@H]1CCN(C(=O)C2CCN(C(C)=O)CC2)C[C@H]1c1ccccc1. The summed E-state index contributed by atoms with van der Waals surface area (Å²) < 4.78 is 46.9. The molecular formula is C30H36F3N7O3. The van der Waals surface area contributed by atoms with E-state index in [1.807, 2.05) is 30.0 Å². The Morgan fingerprint density at radius 1 is 1.02 bits per heavy atom. The molecule has 2 fully saturated rings. The van der Waals surface area contributed by atoms with Gasteiger partial charge in [-0.3, -0.25) is 9.59 Å². The Kier molecular flexibility index (Phi) is 9.28. The lowest BCUT2D eigenvalue weighted by molar-refractivity contribution is -0.146. The van der Waals surface area contributed by atoms with Gasteiger partial charge in [0.15, 0.2) is 0 Å². The Labute approximate surface area is 248 Å². The zero-order valence-corrected chi connectivity index (χ0v) is 24.3. The summed E-state index contributed by atoms with van der Waals surface area (Å²) in [5, 5.41) is 13.6. The molecule has 1 N–H and O–H groups in total. The van der Waals surface area contributed by atoms with Crippen LogP contribution in [0.2, 0.25) is 0 Å². The Morgan fingerprint density at radius 2 is 1.74 bits per heavy atom. The van der Waals surface area contributed by atoms with Crippen molar-refractivity contribution in [2.24, 2.45) is 5.92 Å². The van der Waals surface area contributed by atoms with Gasteiger partial charge in [-0.1, -0.05) is 30.3 Å². The van der Waals surface area contributed by atoms with Crippen molar-refractivity contribution in [1.82, 2.24) is 35.3 Å². The Morgan fingerprint density at radius 3 is 2.42 bits per heavy atom. The number of likely N-dealkylation sites (tertiary alicyclic amines) is 2. The molecular weight excluding hydrogens is 563 g/mol. The highest BCUT2D eigenvalue weighted by atomic mass is 19.4. The van der Waals surface area contributed by atoms with Crippen molar-refractivity contribution in [3.63, 3.8) is 0 Å². The number of carbonyl (C=O) groups is 2.